The summed E-state index contributed by atoms with van der Waals surface area (Å²) in [5.41, 5.74) is 1.09. The van der Waals surface area contributed by atoms with E-state index in [0.717, 1.165) is 25.2 Å². The number of nitrogens with zero attached hydrogens (tertiary/aromatic N) is 2. The van der Waals surface area contributed by atoms with Gasteiger partial charge in [0.15, 0.2) is 0 Å². The third kappa shape index (κ3) is 3.43. The normalized spacial score (nSPS) is 10.9. The van der Waals surface area contributed by atoms with Gasteiger partial charge in [0, 0.05) is 31.2 Å². The van der Waals surface area contributed by atoms with Gasteiger partial charge in [-0.15, -0.1) is 11.3 Å². The number of thiophene rings is 1. The first-order valence-corrected chi connectivity index (χ1v) is 6.78. The summed E-state index contributed by atoms with van der Waals surface area (Å²) in [6.07, 6.45) is 3.04. The summed E-state index contributed by atoms with van der Waals surface area (Å²) < 4.78 is 3.03. The van der Waals surface area contributed by atoms with E-state index >= 15 is 0 Å². The van der Waals surface area contributed by atoms with Crippen LogP contribution in [0.15, 0.2) is 28.2 Å². The van der Waals surface area contributed by atoms with E-state index in [1.54, 1.807) is 11.3 Å². The lowest BCUT2D eigenvalue weighted by molar-refractivity contribution is 0.656. The molecule has 0 bridgehead atoms. The van der Waals surface area contributed by atoms with Crippen LogP contribution in [0.4, 0.5) is 0 Å². The molecule has 2 rings (SSSR count). The van der Waals surface area contributed by atoms with Gasteiger partial charge in [-0.1, -0.05) is 0 Å². The van der Waals surface area contributed by atoms with E-state index in [-0.39, 0.29) is 0 Å². The predicted octanol–water partition coefficient (Wildman–Crippen LogP) is 2.58. The Morgan fingerprint density at radius 2 is 2.31 bits per heavy atom. The second kappa shape index (κ2) is 5.61. The van der Waals surface area contributed by atoms with Gasteiger partial charge >= 0.3 is 0 Å². The number of aryl methyl sites for hydroxylation is 1. The van der Waals surface area contributed by atoms with Crippen LogP contribution in [-0.2, 0) is 20.0 Å². The Bertz CT molecular complexity index is 407. The summed E-state index contributed by atoms with van der Waals surface area (Å²) in [6, 6.07) is 6.30. The summed E-state index contributed by atoms with van der Waals surface area (Å²) in [6.45, 7) is 1.83. The van der Waals surface area contributed by atoms with Crippen molar-refractivity contribution >= 4 is 27.3 Å². The largest absolute Gasteiger partial charge is 0.311 e. The summed E-state index contributed by atoms with van der Waals surface area (Å²) in [5, 5.41) is 7.70. The Morgan fingerprint density at radius 1 is 1.44 bits per heavy atom. The molecule has 0 radical (unpaired) electrons. The third-order valence-corrected chi connectivity index (χ3v) is 3.94. The molecule has 0 spiro atoms. The first-order chi connectivity index (χ1) is 7.74. The monoisotopic (exact) mass is 299 g/mol. The van der Waals surface area contributed by atoms with Crippen LogP contribution >= 0.6 is 27.3 Å². The molecule has 0 fully saturated rings. The molecule has 1 N–H and O–H groups in total. The number of hydrogen-bond donors (Lipinski definition) is 1. The lowest BCUT2D eigenvalue weighted by Gasteiger charge is -2.00. The molecule has 86 valence electrons. The molecule has 0 atom stereocenters. The van der Waals surface area contributed by atoms with E-state index in [2.05, 4.69) is 38.5 Å². The second-order valence-electron chi connectivity index (χ2n) is 3.61. The van der Waals surface area contributed by atoms with Crippen molar-refractivity contribution in [1.29, 1.82) is 0 Å². The van der Waals surface area contributed by atoms with Crippen molar-refractivity contribution in [3.8, 4) is 0 Å². The molecule has 16 heavy (non-hydrogen) atoms. The molecule has 0 saturated heterocycles. The fourth-order valence-corrected chi connectivity index (χ4v) is 2.95. The smallest absolute Gasteiger partial charge is 0.0762 e. The Hall–Kier alpha value is -0.650. The molecule has 0 aliphatic heterocycles. The van der Waals surface area contributed by atoms with E-state index in [1.807, 2.05) is 24.0 Å². The molecule has 0 aromatic carbocycles. The van der Waals surface area contributed by atoms with E-state index in [0.29, 0.717) is 0 Å². The Kier molecular flexibility index (Phi) is 4.15. The molecule has 2 aromatic heterocycles. The van der Waals surface area contributed by atoms with Crippen LogP contribution in [0.5, 0.6) is 0 Å². The van der Waals surface area contributed by atoms with E-state index in [4.69, 9.17) is 0 Å². The van der Waals surface area contributed by atoms with Gasteiger partial charge < -0.3 is 5.32 Å². The number of hydrogen-bond acceptors (Lipinski definition) is 3. The summed E-state index contributed by atoms with van der Waals surface area (Å²) in [7, 11) is 1.94. The van der Waals surface area contributed by atoms with E-state index in [1.165, 1.54) is 8.66 Å². The van der Waals surface area contributed by atoms with Gasteiger partial charge in [-0.3, -0.25) is 4.68 Å². The molecular weight excluding hydrogens is 286 g/mol. The molecular formula is C11H14BrN3S. The highest BCUT2D eigenvalue weighted by atomic mass is 79.9. The van der Waals surface area contributed by atoms with Crippen molar-refractivity contribution in [2.45, 2.75) is 13.0 Å². The van der Waals surface area contributed by atoms with Crippen LogP contribution in [0.2, 0.25) is 0 Å². The lowest BCUT2D eigenvalue weighted by Crippen LogP contribution is -2.16. The molecule has 2 heterocycles. The maximum Gasteiger partial charge on any atom is 0.0762 e. The van der Waals surface area contributed by atoms with Crippen molar-refractivity contribution in [3.05, 3.63) is 38.8 Å². The van der Waals surface area contributed by atoms with Gasteiger partial charge in [0.1, 0.15) is 0 Å². The highest BCUT2D eigenvalue weighted by Gasteiger charge is 1.98. The molecule has 0 aliphatic carbocycles. The maximum atomic E-state index is 4.31. The van der Waals surface area contributed by atoms with Gasteiger partial charge in [0.05, 0.1) is 9.48 Å². The number of nitrogens with one attached hydrogen (secondary N) is 1. The molecule has 0 amide bonds. The van der Waals surface area contributed by atoms with Crippen molar-refractivity contribution < 1.29 is 0 Å². The molecule has 3 nitrogen and oxygen atoms in total. The van der Waals surface area contributed by atoms with Crippen LogP contribution in [0, 0.1) is 0 Å². The van der Waals surface area contributed by atoms with Crippen molar-refractivity contribution in [3.63, 3.8) is 0 Å². The van der Waals surface area contributed by atoms with Gasteiger partial charge in [-0.05, 0) is 40.5 Å². The quantitative estimate of drug-likeness (QED) is 0.860. The Balaban J connectivity index is 1.69. The van der Waals surface area contributed by atoms with Crippen LogP contribution in [0.3, 0.4) is 0 Å². The minimum atomic E-state index is 0.841. The summed E-state index contributed by atoms with van der Waals surface area (Å²) in [4.78, 5) is 1.40. The third-order valence-electron chi connectivity index (χ3n) is 2.25. The zero-order valence-corrected chi connectivity index (χ0v) is 11.5. The average Bonchev–Trinajstić information content (AvgIpc) is 2.83. The first-order valence-electron chi connectivity index (χ1n) is 5.17. The van der Waals surface area contributed by atoms with Gasteiger partial charge in [-0.25, -0.2) is 0 Å². The molecule has 5 heteroatoms. The highest BCUT2D eigenvalue weighted by Crippen LogP contribution is 2.21. The molecule has 0 saturated carbocycles. The first kappa shape index (κ1) is 11.8. The van der Waals surface area contributed by atoms with E-state index < -0.39 is 0 Å². The van der Waals surface area contributed by atoms with Crippen LogP contribution in [0.1, 0.15) is 10.6 Å². The standard InChI is InChI=1S/C11H14BrN3S/c1-15-7-5-9(14-15)8-13-6-4-10-2-3-11(12)16-10/h2-3,5,7,13H,4,6,8H2,1H3. The minimum Gasteiger partial charge on any atom is -0.311 e. The SMILES string of the molecule is Cn1ccc(CNCCc2ccc(Br)s2)n1. The zero-order valence-electron chi connectivity index (χ0n) is 9.11. The molecule has 0 aliphatic rings. The van der Waals surface area contributed by atoms with Gasteiger partial charge in [0.25, 0.3) is 0 Å². The highest BCUT2D eigenvalue weighted by molar-refractivity contribution is 9.11. The number of aromatic nitrogens is 2. The fourth-order valence-electron chi connectivity index (χ4n) is 1.47. The average molecular weight is 300 g/mol. The summed E-state index contributed by atoms with van der Waals surface area (Å²) >= 11 is 5.26. The van der Waals surface area contributed by atoms with Gasteiger partial charge in [0.2, 0.25) is 0 Å². The van der Waals surface area contributed by atoms with Crippen molar-refractivity contribution in [2.75, 3.05) is 6.54 Å². The molecule has 0 unspecified atom stereocenters. The lowest BCUT2D eigenvalue weighted by atomic mass is 10.3. The Labute approximate surface area is 108 Å². The van der Waals surface area contributed by atoms with Gasteiger partial charge in [-0.2, -0.15) is 5.10 Å². The molecule has 2 aromatic rings. The van der Waals surface area contributed by atoms with Crippen LogP contribution < -0.4 is 5.32 Å². The number of halogens is 1. The zero-order chi connectivity index (χ0) is 11.4. The van der Waals surface area contributed by atoms with Crippen LogP contribution in [-0.4, -0.2) is 16.3 Å². The van der Waals surface area contributed by atoms with Crippen molar-refractivity contribution in [1.82, 2.24) is 15.1 Å². The Morgan fingerprint density at radius 3 is 2.94 bits per heavy atom. The topological polar surface area (TPSA) is 29.9 Å². The number of rotatable bonds is 5. The maximum absolute atomic E-state index is 4.31. The summed E-state index contributed by atoms with van der Waals surface area (Å²) in [5.74, 6) is 0. The van der Waals surface area contributed by atoms with Crippen LogP contribution in [0.25, 0.3) is 0 Å². The fraction of sp³-hybridized carbons (Fsp3) is 0.364. The predicted molar refractivity (Wildman–Crippen MR) is 70.6 cm³/mol. The minimum absolute atomic E-state index is 0.841. The van der Waals surface area contributed by atoms with Crippen molar-refractivity contribution in [2.24, 2.45) is 7.05 Å². The van der Waals surface area contributed by atoms with E-state index in [9.17, 15) is 0 Å². The second-order valence-corrected chi connectivity index (χ2v) is 6.16.